The maximum atomic E-state index is 12.4. The summed E-state index contributed by atoms with van der Waals surface area (Å²) in [5, 5.41) is 18.3. The van der Waals surface area contributed by atoms with E-state index in [1.807, 2.05) is 60.8 Å². The van der Waals surface area contributed by atoms with Gasteiger partial charge in [0.15, 0.2) is 5.65 Å². The Hall–Kier alpha value is -2.91. The number of carbonyl (C=O) groups excluding carboxylic acids is 1. The number of benzene rings is 1. The summed E-state index contributed by atoms with van der Waals surface area (Å²) in [6, 6.07) is 15.2. The quantitative estimate of drug-likeness (QED) is 0.463. The Balaban J connectivity index is 1.47. The largest absolute Gasteiger partial charge is 0.492 e. The van der Waals surface area contributed by atoms with E-state index in [2.05, 4.69) is 20.6 Å². The Morgan fingerprint density at radius 3 is 2.89 bits per heavy atom. The monoisotopic (exact) mass is 411 g/mol. The highest BCUT2D eigenvalue weighted by atomic mass is 32.2. The smallest absolute Gasteiger partial charge is 0.234 e. The summed E-state index contributed by atoms with van der Waals surface area (Å²) < 4.78 is 7.21. The number of ether oxygens (including phenoxy) is 1. The van der Waals surface area contributed by atoms with Crippen LogP contribution in [0.25, 0.3) is 16.2 Å². The van der Waals surface area contributed by atoms with Crippen LogP contribution in [-0.2, 0) is 4.79 Å². The molecule has 7 nitrogen and oxygen atoms in total. The van der Waals surface area contributed by atoms with Gasteiger partial charge < -0.3 is 10.1 Å². The Morgan fingerprint density at radius 2 is 2.07 bits per heavy atom. The summed E-state index contributed by atoms with van der Waals surface area (Å²) in [7, 11) is 0. The number of nitrogens with one attached hydrogen (secondary N) is 1. The number of fused-ring (bicyclic) bond motifs is 1. The topological polar surface area (TPSA) is 81.4 Å². The van der Waals surface area contributed by atoms with E-state index >= 15 is 0 Å². The minimum absolute atomic E-state index is 0.150. The molecule has 9 heteroatoms. The van der Waals surface area contributed by atoms with Gasteiger partial charge in [-0.15, -0.1) is 21.5 Å². The molecule has 1 N–H and O–H groups in total. The molecule has 28 heavy (non-hydrogen) atoms. The van der Waals surface area contributed by atoms with Crippen molar-refractivity contribution in [2.45, 2.75) is 12.1 Å². The molecule has 3 aromatic heterocycles. The SMILES string of the molecule is CCOc1ccccc1NC(=O)CSc1nnc2ccc(-c3cccs3)nn12. The molecule has 0 bridgehead atoms. The van der Waals surface area contributed by atoms with Crippen molar-refractivity contribution in [1.29, 1.82) is 0 Å². The molecule has 4 aromatic rings. The minimum Gasteiger partial charge on any atom is -0.492 e. The molecule has 0 aliphatic carbocycles. The molecule has 0 fully saturated rings. The zero-order valence-electron chi connectivity index (χ0n) is 15.0. The van der Waals surface area contributed by atoms with E-state index in [1.165, 1.54) is 11.8 Å². The second kappa shape index (κ2) is 8.41. The van der Waals surface area contributed by atoms with Crippen LogP contribution < -0.4 is 10.1 Å². The zero-order valence-corrected chi connectivity index (χ0v) is 16.7. The third-order valence-electron chi connectivity index (χ3n) is 3.80. The van der Waals surface area contributed by atoms with Crippen molar-refractivity contribution in [3.63, 3.8) is 0 Å². The fraction of sp³-hybridized carbons (Fsp3) is 0.158. The Morgan fingerprint density at radius 1 is 1.18 bits per heavy atom. The van der Waals surface area contributed by atoms with Crippen molar-refractivity contribution in [2.75, 3.05) is 17.7 Å². The van der Waals surface area contributed by atoms with Crippen LogP contribution in [0.5, 0.6) is 5.75 Å². The Kier molecular flexibility index (Phi) is 5.54. The van der Waals surface area contributed by atoms with Crippen LogP contribution in [0.2, 0.25) is 0 Å². The lowest BCUT2D eigenvalue weighted by Crippen LogP contribution is -2.15. The second-order valence-corrected chi connectivity index (χ2v) is 7.60. The highest BCUT2D eigenvalue weighted by molar-refractivity contribution is 7.99. The number of anilines is 1. The van der Waals surface area contributed by atoms with Crippen molar-refractivity contribution in [1.82, 2.24) is 19.8 Å². The number of amides is 1. The molecule has 0 aliphatic heterocycles. The summed E-state index contributed by atoms with van der Waals surface area (Å²) in [5.74, 6) is 0.688. The van der Waals surface area contributed by atoms with E-state index in [0.29, 0.717) is 28.8 Å². The summed E-state index contributed by atoms with van der Waals surface area (Å²) in [5.41, 5.74) is 2.14. The van der Waals surface area contributed by atoms with Crippen LogP contribution in [0.15, 0.2) is 59.1 Å². The van der Waals surface area contributed by atoms with E-state index in [-0.39, 0.29) is 11.7 Å². The van der Waals surface area contributed by atoms with Crippen molar-refractivity contribution < 1.29 is 9.53 Å². The van der Waals surface area contributed by atoms with Gasteiger partial charge in [-0.25, -0.2) is 0 Å². The van der Waals surface area contributed by atoms with Crippen LogP contribution in [-0.4, -0.2) is 38.1 Å². The van der Waals surface area contributed by atoms with E-state index < -0.39 is 0 Å². The van der Waals surface area contributed by atoms with Crippen molar-refractivity contribution >= 4 is 40.3 Å². The first-order valence-corrected chi connectivity index (χ1v) is 10.5. The minimum atomic E-state index is -0.150. The Bertz CT molecular complexity index is 1090. The standard InChI is InChI=1S/C19H17N5O2S2/c1-2-26-15-7-4-3-6-13(15)20-18(25)12-28-19-22-21-17-10-9-14(23-24(17)19)16-8-5-11-27-16/h3-11H,2,12H2,1H3,(H,20,25). The maximum Gasteiger partial charge on any atom is 0.234 e. The fourth-order valence-electron chi connectivity index (χ4n) is 2.58. The highest BCUT2D eigenvalue weighted by Gasteiger charge is 2.13. The first-order chi connectivity index (χ1) is 13.7. The predicted octanol–water partition coefficient (Wildman–Crippen LogP) is 3.98. The highest BCUT2D eigenvalue weighted by Crippen LogP contribution is 2.26. The lowest BCUT2D eigenvalue weighted by atomic mass is 10.3. The number of nitrogens with zero attached hydrogens (tertiary/aromatic N) is 4. The van der Waals surface area contributed by atoms with Crippen LogP contribution in [0, 0.1) is 0 Å². The molecule has 0 aliphatic rings. The zero-order chi connectivity index (χ0) is 19.3. The molecule has 4 rings (SSSR count). The molecule has 0 radical (unpaired) electrons. The molecular formula is C19H17N5O2S2. The van der Waals surface area contributed by atoms with Gasteiger partial charge in [-0.3, -0.25) is 4.79 Å². The molecule has 1 amide bonds. The second-order valence-electron chi connectivity index (χ2n) is 5.71. The molecule has 3 heterocycles. The van der Waals surface area contributed by atoms with Gasteiger partial charge in [0, 0.05) is 0 Å². The lowest BCUT2D eigenvalue weighted by Gasteiger charge is -2.10. The number of rotatable bonds is 7. The molecular weight excluding hydrogens is 394 g/mol. The predicted molar refractivity (Wildman–Crippen MR) is 111 cm³/mol. The molecule has 0 spiro atoms. The number of hydrogen-bond donors (Lipinski definition) is 1. The van der Waals surface area contributed by atoms with E-state index in [1.54, 1.807) is 15.9 Å². The van der Waals surface area contributed by atoms with Gasteiger partial charge in [-0.05, 0) is 42.6 Å². The Labute approximate surface area is 169 Å². The summed E-state index contributed by atoms with van der Waals surface area (Å²) >= 11 is 2.90. The maximum absolute atomic E-state index is 12.4. The number of para-hydroxylation sites is 2. The van der Waals surface area contributed by atoms with Gasteiger partial charge in [-0.2, -0.15) is 9.61 Å². The van der Waals surface area contributed by atoms with E-state index in [9.17, 15) is 4.79 Å². The molecule has 0 saturated carbocycles. The average Bonchev–Trinajstić information content (AvgIpc) is 3.38. The first-order valence-electron chi connectivity index (χ1n) is 8.65. The van der Waals surface area contributed by atoms with Crippen LogP contribution in [0.4, 0.5) is 5.69 Å². The molecule has 0 atom stereocenters. The fourth-order valence-corrected chi connectivity index (χ4v) is 3.96. The van der Waals surface area contributed by atoms with E-state index in [4.69, 9.17) is 4.74 Å². The summed E-state index contributed by atoms with van der Waals surface area (Å²) in [4.78, 5) is 13.5. The normalized spacial score (nSPS) is 10.9. The number of hydrogen-bond acceptors (Lipinski definition) is 7. The third-order valence-corrected chi connectivity index (χ3v) is 5.61. The van der Waals surface area contributed by atoms with Gasteiger partial charge >= 0.3 is 0 Å². The number of thiophene rings is 1. The van der Waals surface area contributed by atoms with Gasteiger partial charge in [0.05, 0.1) is 22.9 Å². The van der Waals surface area contributed by atoms with Gasteiger partial charge in [0.25, 0.3) is 0 Å². The number of carbonyl (C=O) groups is 1. The van der Waals surface area contributed by atoms with Crippen molar-refractivity contribution in [2.24, 2.45) is 0 Å². The van der Waals surface area contributed by atoms with Crippen molar-refractivity contribution in [3.05, 3.63) is 53.9 Å². The van der Waals surface area contributed by atoms with Crippen LogP contribution >= 0.6 is 23.1 Å². The van der Waals surface area contributed by atoms with Gasteiger partial charge in [-0.1, -0.05) is 30.0 Å². The van der Waals surface area contributed by atoms with Gasteiger partial charge in [0.1, 0.15) is 11.4 Å². The van der Waals surface area contributed by atoms with Gasteiger partial charge in [0.2, 0.25) is 11.1 Å². The van der Waals surface area contributed by atoms with Crippen LogP contribution in [0.1, 0.15) is 6.92 Å². The molecule has 142 valence electrons. The van der Waals surface area contributed by atoms with E-state index in [0.717, 1.165) is 10.6 Å². The first kappa shape index (κ1) is 18.5. The molecule has 0 unspecified atom stereocenters. The summed E-state index contributed by atoms with van der Waals surface area (Å²) in [6.45, 7) is 2.44. The number of aromatic nitrogens is 4. The lowest BCUT2D eigenvalue weighted by molar-refractivity contribution is -0.113. The molecule has 0 saturated heterocycles. The van der Waals surface area contributed by atoms with Crippen LogP contribution in [0.3, 0.4) is 0 Å². The average molecular weight is 412 g/mol. The third kappa shape index (κ3) is 4.00. The number of thioether (sulfide) groups is 1. The van der Waals surface area contributed by atoms with Crippen molar-refractivity contribution in [3.8, 4) is 16.3 Å². The molecule has 1 aromatic carbocycles. The summed E-state index contributed by atoms with van der Waals surface area (Å²) in [6.07, 6.45) is 0.